The number of hydrogen-bond donors (Lipinski definition) is 1. The highest BCUT2D eigenvalue weighted by atomic mass is 16.6. The molecule has 1 N–H and O–H groups in total. The molecule has 0 aliphatic rings. The zero-order valence-electron chi connectivity index (χ0n) is 11.6. The number of benzene rings is 1. The Labute approximate surface area is 118 Å². The van der Waals surface area contributed by atoms with Crippen molar-refractivity contribution in [3.63, 3.8) is 0 Å². The van der Waals surface area contributed by atoms with Gasteiger partial charge in [-0.15, -0.1) is 6.58 Å². The predicted molar refractivity (Wildman–Crippen MR) is 77.0 cm³/mol. The topological polar surface area (TPSA) is 73.6 Å². The quantitative estimate of drug-likeness (QED) is 0.308. The molecular formula is C14H20N2O4. The zero-order chi connectivity index (χ0) is 14.8. The van der Waals surface area contributed by atoms with Crippen molar-refractivity contribution in [2.75, 3.05) is 26.9 Å². The molecule has 110 valence electrons. The molecule has 0 fully saturated rings. The van der Waals surface area contributed by atoms with Gasteiger partial charge in [0.15, 0.2) is 5.75 Å². The van der Waals surface area contributed by atoms with E-state index in [-0.39, 0.29) is 11.4 Å². The summed E-state index contributed by atoms with van der Waals surface area (Å²) in [5, 5.41) is 14.2. The molecule has 0 radical (unpaired) electrons. The molecule has 1 aromatic carbocycles. The van der Waals surface area contributed by atoms with Gasteiger partial charge in [-0.2, -0.15) is 0 Å². The van der Waals surface area contributed by atoms with Gasteiger partial charge in [-0.25, -0.2) is 0 Å². The third-order valence-corrected chi connectivity index (χ3v) is 2.61. The number of hydrogen-bond acceptors (Lipinski definition) is 5. The molecule has 0 aliphatic carbocycles. The molecular weight excluding hydrogens is 260 g/mol. The van der Waals surface area contributed by atoms with Crippen molar-refractivity contribution in [2.45, 2.75) is 13.0 Å². The lowest BCUT2D eigenvalue weighted by Gasteiger charge is -2.08. The third-order valence-electron chi connectivity index (χ3n) is 2.61. The van der Waals surface area contributed by atoms with Gasteiger partial charge in [0.1, 0.15) is 0 Å². The second-order valence-electron chi connectivity index (χ2n) is 4.15. The van der Waals surface area contributed by atoms with E-state index >= 15 is 0 Å². The van der Waals surface area contributed by atoms with Gasteiger partial charge in [-0.1, -0.05) is 12.1 Å². The minimum atomic E-state index is -0.429. The lowest BCUT2D eigenvalue weighted by molar-refractivity contribution is -0.385. The van der Waals surface area contributed by atoms with Crippen LogP contribution in [-0.4, -0.2) is 31.8 Å². The van der Waals surface area contributed by atoms with Crippen molar-refractivity contribution in [1.82, 2.24) is 5.32 Å². The van der Waals surface area contributed by atoms with Crippen molar-refractivity contribution >= 4 is 5.69 Å². The van der Waals surface area contributed by atoms with Gasteiger partial charge >= 0.3 is 5.69 Å². The second kappa shape index (κ2) is 9.06. The van der Waals surface area contributed by atoms with Crippen LogP contribution in [0.4, 0.5) is 5.69 Å². The Morgan fingerprint density at radius 2 is 2.25 bits per heavy atom. The van der Waals surface area contributed by atoms with E-state index in [0.717, 1.165) is 5.56 Å². The minimum Gasteiger partial charge on any atom is -0.486 e. The number of nitro benzene ring substituents is 1. The lowest BCUT2D eigenvalue weighted by Crippen LogP contribution is -2.18. The Morgan fingerprint density at radius 3 is 2.90 bits per heavy atom. The minimum absolute atomic E-state index is 0.0138. The van der Waals surface area contributed by atoms with E-state index in [2.05, 4.69) is 11.9 Å². The SMILES string of the molecule is C=CCCOc1ccc(CNCCOC)cc1[N+](=O)[O-]. The molecule has 0 atom stereocenters. The second-order valence-corrected chi connectivity index (χ2v) is 4.15. The highest BCUT2D eigenvalue weighted by molar-refractivity contribution is 5.48. The van der Waals surface area contributed by atoms with Crippen molar-refractivity contribution in [2.24, 2.45) is 0 Å². The molecule has 0 saturated carbocycles. The highest BCUT2D eigenvalue weighted by Crippen LogP contribution is 2.28. The maximum atomic E-state index is 11.0. The van der Waals surface area contributed by atoms with Crippen molar-refractivity contribution in [1.29, 1.82) is 0 Å². The number of methoxy groups -OCH3 is 1. The van der Waals surface area contributed by atoms with Crippen LogP contribution in [-0.2, 0) is 11.3 Å². The van der Waals surface area contributed by atoms with E-state index in [1.807, 2.05) is 6.07 Å². The first-order chi connectivity index (χ1) is 9.69. The van der Waals surface area contributed by atoms with Crippen LogP contribution in [0.15, 0.2) is 30.9 Å². The fourth-order valence-corrected chi connectivity index (χ4v) is 1.60. The summed E-state index contributed by atoms with van der Waals surface area (Å²) in [5.41, 5.74) is 0.823. The van der Waals surface area contributed by atoms with Gasteiger partial charge in [0.05, 0.1) is 18.1 Å². The van der Waals surface area contributed by atoms with E-state index in [1.165, 1.54) is 6.07 Å². The smallest absolute Gasteiger partial charge is 0.311 e. The molecule has 0 bridgehead atoms. The van der Waals surface area contributed by atoms with Crippen LogP contribution in [0.2, 0.25) is 0 Å². The summed E-state index contributed by atoms with van der Waals surface area (Å²) in [5.74, 6) is 0.289. The first kappa shape index (κ1) is 16.1. The Balaban J connectivity index is 2.68. The standard InChI is InChI=1S/C14H20N2O4/c1-3-4-8-20-14-6-5-12(10-13(14)16(17)18)11-15-7-9-19-2/h3,5-6,10,15H,1,4,7-9,11H2,2H3. The number of nitro groups is 1. The molecule has 0 aliphatic heterocycles. The van der Waals surface area contributed by atoms with E-state index in [4.69, 9.17) is 9.47 Å². The monoisotopic (exact) mass is 280 g/mol. The summed E-state index contributed by atoms with van der Waals surface area (Å²) in [4.78, 5) is 10.6. The Hall–Kier alpha value is -1.92. The number of rotatable bonds is 10. The van der Waals surface area contributed by atoms with Gasteiger partial charge < -0.3 is 14.8 Å². The fourth-order valence-electron chi connectivity index (χ4n) is 1.60. The van der Waals surface area contributed by atoms with E-state index < -0.39 is 4.92 Å². The number of nitrogens with zero attached hydrogens (tertiary/aromatic N) is 1. The normalized spacial score (nSPS) is 10.2. The average molecular weight is 280 g/mol. The molecule has 0 saturated heterocycles. The molecule has 1 rings (SSSR count). The molecule has 20 heavy (non-hydrogen) atoms. The maximum Gasteiger partial charge on any atom is 0.311 e. The molecule has 6 nitrogen and oxygen atoms in total. The zero-order valence-corrected chi connectivity index (χ0v) is 11.6. The van der Waals surface area contributed by atoms with Crippen molar-refractivity contribution in [3.8, 4) is 5.75 Å². The first-order valence-electron chi connectivity index (χ1n) is 6.39. The molecule has 1 aromatic rings. The van der Waals surface area contributed by atoms with Crippen LogP contribution >= 0.6 is 0 Å². The summed E-state index contributed by atoms with van der Waals surface area (Å²) in [7, 11) is 1.63. The van der Waals surface area contributed by atoms with Crippen LogP contribution in [0.1, 0.15) is 12.0 Å². The number of nitrogens with one attached hydrogen (secondary N) is 1. The van der Waals surface area contributed by atoms with Crippen LogP contribution < -0.4 is 10.1 Å². The highest BCUT2D eigenvalue weighted by Gasteiger charge is 2.15. The predicted octanol–water partition coefficient (Wildman–Crippen LogP) is 2.29. The van der Waals surface area contributed by atoms with E-state index in [9.17, 15) is 10.1 Å². The van der Waals surface area contributed by atoms with Gasteiger partial charge in [-0.05, 0) is 18.1 Å². The summed E-state index contributed by atoms with van der Waals surface area (Å²) in [6.45, 7) is 5.82. The summed E-state index contributed by atoms with van der Waals surface area (Å²) in [6.07, 6.45) is 2.36. The summed E-state index contributed by atoms with van der Waals surface area (Å²) in [6, 6.07) is 4.98. The molecule has 6 heteroatoms. The first-order valence-corrected chi connectivity index (χ1v) is 6.39. The van der Waals surface area contributed by atoms with E-state index in [1.54, 1.807) is 19.3 Å². The van der Waals surface area contributed by atoms with Gasteiger partial charge in [0.25, 0.3) is 0 Å². The molecule has 0 unspecified atom stereocenters. The van der Waals surface area contributed by atoms with Crippen LogP contribution in [0.3, 0.4) is 0 Å². The van der Waals surface area contributed by atoms with Gasteiger partial charge in [0, 0.05) is 26.3 Å². The Kier molecular flexibility index (Phi) is 7.31. The Morgan fingerprint density at radius 1 is 1.45 bits per heavy atom. The lowest BCUT2D eigenvalue weighted by atomic mass is 10.2. The van der Waals surface area contributed by atoms with Crippen LogP contribution in [0.5, 0.6) is 5.75 Å². The summed E-state index contributed by atoms with van der Waals surface area (Å²) >= 11 is 0. The number of ether oxygens (including phenoxy) is 2. The largest absolute Gasteiger partial charge is 0.486 e. The fraction of sp³-hybridized carbons (Fsp3) is 0.429. The van der Waals surface area contributed by atoms with E-state index in [0.29, 0.717) is 32.7 Å². The molecule has 0 spiro atoms. The molecule has 0 amide bonds. The van der Waals surface area contributed by atoms with Crippen LogP contribution in [0, 0.1) is 10.1 Å². The van der Waals surface area contributed by atoms with Crippen molar-refractivity contribution in [3.05, 3.63) is 46.5 Å². The van der Waals surface area contributed by atoms with Crippen LogP contribution in [0.25, 0.3) is 0 Å². The van der Waals surface area contributed by atoms with Gasteiger partial charge in [-0.3, -0.25) is 10.1 Å². The third kappa shape index (κ3) is 5.38. The molecule has 0 aromatic heterocycles. The maximum absolute atomic E-state index is 11.0. The Bertz CT molecular complexity index is 449. The summed E-state index contributed by atoms with van der Waals surface area (Å²) < 4.78 is 10.3. The van der Waals surface area contributed by atoms with Gasteiger partial charge in [0.2, 0.25) is 0 Å². The van der Waals surface area contributed by atoms with Crippen molar-refractivity contribution < 1.29 is 14.4 Å². The molecule has 0 heterocycles. The average Bonchev–Trinajstić information content (AvgIpc) is 2.44.